The van der Waals surface area contributed by atoms with Crippen LogP contribution in [0.5, 0.6) is 0 Å². The van der Waals surface area contributed by atoms with Gasteiger partial charge in [-0.2, -0.15) is 0 Å². The fourth-order valence-electron chi connectivity index (χ4n) is 1.37. The van der Waals surface area contributed by atoms with E-state index in [-0.39, 0.29) is 7.43 Å². The largest absolute Gasteiger partial charge is 0.298 e. The van der Waals surface area contributed by atoms with Gasteiger partial charge in [0.1, 0.15) is 6.29 Å². The third kappa shape index (κ3) is 5.44. The Morgan fingerprint density at radius 1 is 0.944 bits per heavy atom. The topological polar surface area (TPSA) is 17.1 Å². The zero-order chi connectivity index (χ0) is 12.7. The Kier molecular flexibility index (Phi) is 7.37. The van der Waals surface area contributed by atoms with E-state index in [1.165, 1.54) is 11.1 Å². The summed E-state index contributed by atoms with van der Waals surface area (Å²) in [7, 11) is 0. The Hall–Kier alpha value is -1.89. The van der Waals surface area contributed by atoms with Crippen molar-refractivity contribution in [3.8, 4) is 0 Å². The molecule has 0 saturated carbocycles. The fourth-order valence-corrected chi connectivity index (χ4v) is 1.37. The van der Waals surface area contributed by atoms with E-state index in [1.807, 2.05) is 36.4 Å². The van der Waals surface area contributed by atoms with Crippen LogP contribution >= 0.6 is 0 Å². The second-order valence-electron chi connectivity index (χ2n) is 4.22. The van der Waals surface area contributed by atoms with Crippen molar-refractivity contribution in [3.63, 3.8) is 0 Å². The van der Waals surface area contributed by atoms with Crippen molar-refractivity contribution in [1.82, 2.24) is 0 Å². The molecule has 1 nitrogen and oxygen atoms in total. The SMILES string of the molecule is C.CC(C)=C/C=C\C=C(/C)c1ccc(C=O)cc1. The third-order valence-electron chi connectivity index (χ3n) is 2.39. The molecule has 0 aliphatic heterocycles. The summed E-state index contributed by atoms with van der Waals surface area (Å²) in [6, 6.07) is 7.59. The minimum Gasteiger partial charge on any atom is -0.298 e. The van der Waals surface area contributed by atoms with Crippen molar-refractivity contribution in [1.29, 1.82) is 0 Å². The van der Waals surface area contributed by atoms with E-state index in [4.69, 9.17) is 0 Å². The molecule has 0 unspecified atom stereocenters. The van der Waals surface area contributed by atoms with E-state index < -0.39 is 0 Å². The molecular weight excluding hydrogens is 220 g/mol. The fraction of sp³-hybridized carbons (Fsp3) is 0.235. The summed E-state index contributed by atoms with van der Waals surface area (Å²) in [5.74, 6) is 0. The van der Waals surface area contributed by atoms with E-state index in [0.29, 0.717) is 5.56 Å². The highest BCUT2D eigenvalue weighted by molar-refractivity contribution is 5.76. The Balaban J connectivity index is 0.00000289. The van der Waals surface area contributed by atoms with Gasteiger partial charge in [-0.1, -0.05) is 61.6 Å². The van der Waals surface area contributed by atoms with Gasteiger partial charge >= 0.3 is 0 Å². The van der Waals surface area contributed by atoms with Crippen molar-refractivity contribution >= 4 is 11.9 Å². The summed E-state index contributed by atoms with van der Waals surface area (Å²) < 4.78 is 0. The summed E-state index contributed by atoms with van der Waals surface area (Å²) in [5, 5.41) is 0. The van der Waals surface area contributed by atoms with Crippen molar-refractivity contribution in [2.75, 3.05) is 0 Å². The Morgan fingerprint density at radius 2 is 1.50 bits per heavy atom. The van der Waals surface area contributed by atoms with Crippen molar-refractivity contribution in [3.05, 3.63) is 65.3 Å². The molecule has 0 aromatic heterocycles. The summed E-state index contributed by atoms with van der Waals surface area (Å²) in [5.41, 5.74) is 4.31. The molecule has 0 heterocycles. The van der Waals surface area contributed by atoms with Gasteiger partial charge in [-0.25, -0.2) is 0 Å². The number of hydrogen-bond donors (Lipinski definition) is 0. The first-order valence-corrected chi connectivity index (χ1v) is 5.67. The molecule has 0 spiro atoms. The standard InChI is InChI=1S/C16H18O.CH4/c1-13(2)6-4-5-7-14(3)16-10-8-15(12-17)9-11-16;/h4-12H,1-3H3;1H4/b5-4-,14-7+;. The second kappa shape index (κ2) is 8.24. The molecule has 18 heavy (non-hydrogen) atoms. The van der Waals surface area contributed by atoms with Crippen LogP contribution in [-0.2, 0) is 0 Å². The van der Waals surface area contributed by atoms with Gasteiger partial charge in [0.25, 0.3) is 0 Å². The molecule has 1 aromatic carbocycles. The first-order chi connectivity index (χ1) is 8.13. The van der Waals surface area contributed by atoms with Gasteiger partial charge in [0, 0.05) is 5.56 Å². The number of carbonyl (C=O) groups excluding carboxylic acids is 1. The van der Waals surface area contributed by atoms with Crippen LogP contribution in [0.25, 0.3) is 5.57 Å². The van der Waals surface area contributed by atoms with Gasteiger partial charge < -0.3 is 0 Å². The summed E-state index contributed by atoms with van der Waals surface area (Å²) in [6.07, 6.45) is 9.04. The highest BCUT2D eigenvalue weighted by atomic mass is 16.1. The average Bonchev–Trinajstić information content (AvgIpc) is 2.34. The molecule has 1 rings (SSSR count). The van der Waals surface area contributed by atoms with Crippen LogP contribution in [0.2, 0.25) is 0 Å². The number of allylic oxidation sites excluding steroid dienone is 6. The Labute approximate surface area is 111 Å². The van der Waals surface area contributed by atoms with Crippen LogP contribution in [0.1, 0.15) is 44.1 Å². The molecule has 1 aromatic rings. The number of hydrogen-bond acceptors (Lipinski definition) is 1. The maximum absolute atomic E-state index is 10.5. The van der Waals surface area contributed by atoms with E-state index in [9.17, 15) is 4.79 Å². The van der Waals surface area contributed by atoms with E-state index in [2.05, 4.69) is 32.9 Å². The van der Waals surface area contributed by atoms with Crippen LogP contribution < -0.4 is 0 Å². The lowest BCUT2D eigenvalue weighted by atomic mass is 10.1. The second-order valence-corrected chi connectivity index (χ2v) is 4.22. The summed E-state index contributed by atoms with van der Waals surface area (Å²) in [6.45, 7) is 6.20. The molecule has 1 heteroatoms. The molecular formula is C17H22O. The molecule has 0 N–H and O–H groups in total. The summed E-state index contributed by atoms with van der Waals surface area (Å²) >= 11 is 0. The lowest BCUT2D eigenvalue weighted by Gasteiger charge is -2.00. The van der Waals surface area contributed by atoms with Crippen molar-refractivity contribution in [2.24, 2.45) is 0 Å². The predicted octanol–water partition coefficient (Wildman–Crippen LogP) is 5.06. The molecule has 0 aliphatic carbocycles. The third-order valence-corrected chi connectivity index (χ3v) is 2.39. The highest BCUT2D eigenvalue weighted by Gasteiger charge is 1.94. The predicted molar refractivity (Wildman–Crippen MR) is 80.8 cm³/mol. The van der Waals surface area contributed by atoms with Gasteiger partial charge in [0.15, 0.2) is 0 Å². The van der Waals surface area contributed by atoms with Crippen LogP contribution in [-0.4, -0.2) is 6.29 Å². The molecule has 0 amide bonds. The van der Waals surface area contributed by atoms with Gasteiger partial charge in [0.2, 0.25) is 0 Å². The molecule has 0 saturated heterocycles. The van der Waals surface area contributed by atoms with Crippen LogP contribution in [0, 0.1) is 0 Å². The first kappa shape index (κ1) is 16.1. The maximum Gasteiger partial charge on any atom is 0.150 e. The molecule has 0 aliphatic rings. The van der Waals surface area contributed by atoms with Gasteiger partial charge in [0.05, 0.1) is 0 Å². The van der Waals surface area contributed by atoms with Gasteiger partial charge in [-0.15, -0.1) is 0 Å². The minimum atomic E-state index is 0. The van der Waals surface area contributed by atoms with E-state index in [0.717, 1.165) is 11.8 Å². The molecule has 0 fully saturated rings. The lowest BCUT2D eigenvalue weighted by molar-refractivity contribution is 0.112. The molecule has 96 valence electrons. The first-order valence-electron chi connectivity index (χ1n) is 5.67. The zero-order valence-electron chi connectivity index (χ0n) is 10.6. The lowest BCUT2D eigenvalue weighted by Crippen LogP contribution is -1.82. The van der Waals surface area contributed by atoms with Crippen molar-refractivity contribution < 1.29 is 4.79 Å². The molecule has 0 radical (unpaired) electrons. The maximum atomic E-state index is 10.5. The quantitative estimate of drug-likeness (QED) is 0.532. The Bertz CT molecular complexity index is 455. The molecule has 0 bridgehead atoms. The van der Waals surface area contributed by atoms with Crippen LogP contribution in [0.4, 0.5) is 0 Å². The van der Waals surface area contributed by atoms with Gasteiger partial charge in [-0.05, 0) is 31.9 Å². The molecule has 0 atom stereocenters. The monoisotopic (exact) mass is 242 g/mol. The summed E-state index contributed by atoms with van der Waals surface area (Å²) in [4.78, 5) is 10.5. The highest BCUT2D eigenvalue weighted by Crippen LogP contribution is 2.14. The Morgan fingerprint density at radius 3 is 2.00 bits per heavy atom. The van der Waals surface area contributed by atoms with E-state index >= 15 is 0 Å². The number of carbonyl (C=O) groups is 1. The number of benzene rings is 1. The minimum absolute atomic E-state index is 0. The number of aldehydes is 1. The van der Waals surface area contributed by atoms with Crippen LogP contribution in [0.3, 0.4) is 0 Å². The van der Waals surface area contributed by atoms with Gasteiger partial charge in [-0.3, -0.25) is 4.79 Å². The van der Waals surface area contributed by atoms with Crippen LogP contribution in [0.15, 0.2) is 54.1 Å². The smallest absolute Gasteiger partial charge is 0.150 e. The number of rotatable bonds is 4. The zero-order valence-corrected chi connectivity index (χ0v) is 10.6. The van der Waals surface area contributed by atoms with E-state index in [1.54, 1.807) is 0 Å². The normalized spacial score (nSPS) is 10.9. The van der Waals surface area contributed by atoms with Crippen molar-refractivity contribution in [2.45, 2.75) is 28.2 Å². The average molecular weight is 242 g/mol.